The minimum Gasteiger partial charge on any atom is -0.495 e. The highest BCUT2D eigenvalue weighted by atomic mass is 16.5. The molecule has 0 aliphatic heterocycles. The molecule has 0 aliphatic carbocycles. The van der Waals surface area contributed by atoms with Gasteiger partial charge in [0.15, 0.2) is 6.10 Å². The highest BCUT2D eigenvalue weighted by molar-refractivity contribution is 5.97. The molecule has 0 spiro atoms. The molecular formula is C19H20N2O5. The molecule has 2 N–H and O–H groups in total. The second kappa shape index (κ2) is 9.22. The third kappa shape index (κ3) is 5.34. The number of benzene rings is 2. The summed E-state index contributed by atoms with van der Waals surface area (Å²) in [6.07, 6.45) is -1.03. The van der Waals surface area contributed by atoms with E-state index in [-0.39, 0.29) is 6.54 Å². The first kappa shape index (κ1) is 19.0. The number of methoxy groups -OCH3 is 1. The van der Waals surface area contributed by atoms with E-state index in [0.29, 0.717) is 17.0 Å². The number of hydrogen-bond donors (Lipinski definition) is 2. The van der Waals surface area contributed by atoms with Crippen LogP contribution in [0.3, 0.4) is 0 Å². The number of ether oxygens (including phenoxy) is 2. The van der Waals surface area contributed by atoms with E-state index in [9.17, 15) is 14.4 Å². The molecule has 0 saturated carbocycles. The van der Waals surface area contributed by atoms with E-state index in [0.717, 1.165) is 0 Å². The highest BCUT2D eigenvalue weighted by Gasteiger charge is 2.19. The Balaban J connectivity index is 1.82. The van der Waals surface area contributed by atoms with Gasteiger partial charge >= 0.3 is 5.97 Å². The van der Waals surface area contributed by atoms with Crippen LogP contribution in [-0.2, 0) is 14.3 Å². The molecule has 136 valence electrons. The Morgan fingerprint density at radius 2 is 1.65 bits per heavy atom. The number of nitrogens with one attached hydrogen (secondary N) is 2. The summed E-state index contributed by atoms with van der Waals surface area (Å²) in [4.78, 5) is 35.8. The van der Waals surface area contributed by atoms with E-state index in [1.54, 1.807) is 54.6 Å². The van der Waals surface area contributed by atoms with E-state index in [4.69, 9.17) is 9.47 Å². The third-order valence-electron chi connectivity index (χ3n) is 3.47. The molecule has 0 aromatic heterocycles. The minimum atomic E-state index is -1.03. The summed E-state index contributed by atoms with van der Waals surface area (Å²) in [7, 11) is 1.49. The predicted octanol–water partition coefficient (Wildman–Crippen LogP) is 2.00. The molecule has 0 unspecified atom stereocenters. The van der Waals surface area contributed by atoms with Gasteiger partial charge in [0.1, 0.15) is 12.3 Å². The summed E-state index contributed by atoms with van der Waals surface area (Å²) >= 11 is 0. The Kier molecular flexibility index (Phi) is 6.73. The lowest BCUT2D eigenvalue weighted by molar-refractivity contribution is -0.152. The second-order valence-electron chi connectivity index (χ2n) is 5.37. The number of carbonyl (C=O) groups excluding carboxylic acids is 3. The van der Waals surface area contributed by atoms with Crippen LogP contribution < -0.4 is 15.4 Å². The number of rotatable bonds is 7. The van der Waals surface area contributed by atoms with E-state index >= 15 is 0 Å². The number of amides is 2. The van der Waals surface area contributed by atoms with Gasteiger partial charge in [-0.05, 0) is 31.2 Å². The Morgan fingerprint density at radius 3 is 2.35 bits per heavy atom. The Hall–Kier alpha value is -3.35. The number of esters is 1. The molecule has 0 saturated heterocycles. The molecule has 26 heavy (non-hydrogen) atoms. The summed E-state index contributed by atoms with van der Waals surface area (Å²) in [6, 6.07) is 15.4. The molecule has 7 heteroatoms. The zero-order chi connectivity index (χ0) is 18.9. The van der Waals surface area contributed by atoms with Crippen LogP contribution in [0.2, 0.25) is 0 Å². The van der Waals surface area contributed by atoms with Gasteiger partial charge in [-0.1, -0.05) is 30.3 Å². The summed E-state index contributed by atoms with van der Waals surface area (Å²) in [5.74, 6) is -1.11. The first-order valence-electron chi connectivity index (χ1n) is 7.98. The SMILES string of the molecule is COc1ccccc1NC(=O)[C@H](C)OC(=O)CNC(=O)c1ccccc1. The van der Waals surface area contributed by atoms with Crippen molar-refractivity contribution < 1.29 is 23.9 Å². The first-order valence-corrected chi connectivity index (χ1v) is 7.98. The molecule has 2 aromatic rings. The average molecular weight is 356 g/mol. The molecule has 2 amide bonds. The zero-order valence-corrected chi connectivity index (χ0v) is 14.5. The van der Waals surface area contributed by atoms with Crippen molar-refractivity contribution in [3.63, 3.8) is 0 Å². The fourth-order valence-corrected chi connectivity index (χ4v) is 2.12. The van der Waals surface area contributed by atoms with Crippen LogP contribution in [0.15, 0.2) is 54.6 Å². The highest BCUT2D eigenvalue weighted by Crippen LogP contribution is 2.23. The van der Waals surface area contributed by atoms with Crippen LogP contribution in [0.5, 0.6) is 5.75 Å². The van der Waals surface area contributed by atoms with Crippen LogP contribution in [0, 0.1) is 0 Å². The summed E-state index contributed by atoms with van der Waals surface area (Å²) in [5, 5.41) is 5.07. The molecule has 2 aromatic carbocycles. The van der Waals surface area contributed by atoms with Gasteiger partial charge < -0.3 is 20.1 Å². The van der Waals surface area contributed by atoms with Crippen LogP contribution in [-0.4, -0.2) is 37.5 Å². The summed E-state index contributed by atoms with van der Waals surface area (Å²) in [5.41, 5.74) is 0.905. The average Bonchev–Trinajstić information content (AvgIpc) is 2.67. The molecule has 0 fully saturated rings. The van der Waals surface area contributed by atoms with Gasteiger partial charge in [-0.25, -0.2) is 0 Å². The number of carbonyl (C=O) groups is 3. The lowest BCUT2D eigenvalue weighted by Gasteiger charge is -2.15. The predicted molar refractivity (Wildman–Crippen MR) is 96.0 cm³/mol. The Morgan fingerprint density at radius 1 is 1.00 bits per heavy atom. The van der Waals surface area contributed by atoms with E-state index in [1.807, 2.05) is 0 Å². The number of para-hydroxylation sites is 2. The van der Waals surface area contributed by atoms with Gasteiger partial charge in [-0.3, -0.25) is 14.4 Å². The fourth-order valence-electron chi connectivity index (χ4n) is 2.12. The monoisotopic (exact) mass is 356 g/mol. The molecule has 7 nitrogen and oxygen atoms in total. The number of hydrogen-bond acceptors (Lipinski definition) is 5. The van der Waals surface area contributed by atoms with Crippen molar-refractivity contribution in [3.8, 4) is 5.75 Å². The van der Waals surface area contributed by atoms with Crippen molar-refractivity contribution >= 4 is 23.5 Å². The first-order chi connectivity index (χ1) is 12.5. The molecular weight excluding hydrogens is 336 g/mol. The molecule has 0 heterocycles. The fraction of sp³-hybridized carbons (Fsp3) is 0.211. The van der Waals surface area contributed by atoms with Gasteiger partial charge in [0, 0.05) is 5.56 Å². The Bertz CT molecular complexity index is 777. The van der Waals surface area contributed by atoms with Gasteiger partial charge in [0.25, 0.3) is 11.8 Å². The lowest BCUT2D eigenvalue weighted by atomic mass is 10.2. The molecule has 0 bridgehead atoms. The van der Waals surface area contributed by atoms with Gasteiger partial charge in [0.2, 0.25) is 0 Å². The number of anilines is 1. The summed E-state index contributed by atoms with van der Waals surface area (Å²) in [6.45, 7) is 1.11. The molecule has 0 aliphatic rings. The zero-order valence-electron chi connectivity index (χ0n) is 14.5. The largest absolute Gasteiger partial charge is 0.495 e. The van der Waals surface area contributed by atoms with Crippen LogP contribution in [0.25, 0.3) is 0 Å². The quantitative estimate of drug-likeness (QED) is 0.740. The van der Waals surface area contributed by atoms with Crippen LogP contribution in [0.4, 0.5) is 5.69 Å². The maximum atomic E-state index is 12.1. The van der Waals surface area contributed by atoms with Crippen molar-refractivity contribution in [3.05, 3.63) is 60.2 Å². The van der Waals surface area contributed by atoms with Crippen molar-refractivity contribution in [2.45, 2.75) is 13.0 Å². The third-order valence-corrected chi connectivity index (χ3v) is 3.47. The summed E-state index contributed by atoms with van der Waals surface area (Å²) < 4.78 is 10.2. The molecule has 2 rings (SSSR count). The van der Waals surface area contributed by atoms with Crippen molar-refractivity contribution in [1.82, 2.24) is 5.32 Å². The van der Waals surface area contributed by atoms with Crippen molar-refractivity contribution in [2.75, 3.05) is 19.0 Å². The van der Waals surface area contributed by atoms with E-state index < -0.39 is 23.9 Å². The second-order valence-corrected chi connectivity index (χ2v) is 5.37. The van der Waals surface area contributed by atoms with Crippen LogP contribution in [0.1, 0.15) is 17.3 Å². The van der Waals surface area contributed by atoms with Gasteiger partial charge in [-0.15, -0.1) is 0 Å². The molecule has 1 atom stereocenters. The Labute approximate surface area is 151 Å². The topological polar surface area (TPSA) is 93.7 Å². The maximum Gasteiger partial charge on any atom is 0.326 e. The van der Waals surface area contributed by atoms with Gasteiger partial charge in [-0.2, -0.15) is 0 Å². The minimum absolute atomic E-state index is 0.333. The maximum absolute atomic E-state index is 12.1. The molecule has 0 radical (unpaired) electrons. The lowest BCUT2D eigenvalue weighted by Crippen LogP contribution is -2.35. The standard InChI is InChI=1S/C19H20N2O5/c1-13(18(23)21-15-10-6-7-11-16(15)25-2)26-17(22)12-20-19(24)14-8-4-3-5-9-14/h3-11,13H,12H2,1-2H3,(H,20,24)(H,21,23)/t13-/m0/s1. The van der Waals surface area contributed by atoms with E-state index in [2.05, 4.69) is 10.6 Å². The van der Waals surface area contributed by atoms with E-state index in [1.165, 1.54) is 14.0 Å². The van der Waals surface area contributed by atoms with Crippen molar-refractivity contribution in [2.24, 2.45) is 0 Å². The normalized spacial score (nSPS) is 11.2. The van der Waals surface area contributed by atoms with Gasteiger partial charge in [0.05, 0.1) is 12.8 Å². The van der Waals surface area contributed by atoms with Crippen LogP contribution >= 0.6 is 0 Å². The van der Waals surface area contributed by atoms with Crippen molar-refractivity contribution in [1.29, 1.82) is 0 Å². The smallest absolute Gasteiger partial charge is 0.326 e.